The van der Waals surface area contributed by atoms with Gasteiger partial charge in [0, 0.05) is 6.42 Å². The Hall–Kier alpha value is -1.55. The van der Waals surface area contributed by atoms with Gasteiger partial charge >= 0.3 is 11.9 Å². The molecular weight excluding hydrogens is 244 g/mol. The van der Waals surface area contributed by atoms with E-state index < -0.39 is 17.3 Å². The van der Waals surface area contributed by atoms with Crippen LogP contribution in [0.1, 0.15) is 18.4 Å². The van der Waals surface area contributed by atoms with Gasteiger partial charge in [-0.3, -0.25) is 9.59 Å². The van der Waals surface area contributed by atoms with Crippen molar-refractivity contribution in [2.24, 2.45) is 0 Å². The molecule has 0 spiro atoms. The highest BCUT2D eigenvalue weighted by Crippen LogP contribution is 2.08. The van der Waals surface area contributed by atoms with Crippen LogP contribution in [0.4, 0.5) is 0 Å². The Bertz CT molecular complexity index is 377. The van der Waals surface area contributed by atoms with Gasteiger partial charge in [-0.1, -0.05) is 30.3 Å². The van der Waals surface area contributed by atoms with E-state index in [4.69, 9.17) is 21.4 Å². The molecule has 1 unspecified atom stereocenters. The first-order chi connectivity index (χ1) is 8.09. The second-order valence-corrected chi connectivity index (χ2v) is 4.02. The normalized spacial score (nSPS) is 11.8. The van der Waals surface area contributed by atoms with Crippen molar-refractivity contribution < 1.29 is 19.4 Å². The maximum atomic E-state index is 11.3. The van der Waals surface area contributed by atoms with E-state index in [9.17, 15) is 9.59 Å². The van der Waals surface area contributed by atoms with E-state index in [1.807, 2.05) is 30.3 Å². The summed E-state index contributed by atoms with van der Waals surface area (Å²) in [4.78, 5) is 21.7. The van der Waals surface area contributed by atoms with E-state index in [-0.39, 0.29) is 19.4 Å². The molecule has 1 atom stereocenters. The summed E-state index contributed by atoms with van der Waals surface area (Å²) >= 11 is 5.47. The van der Waals surface area contributed by atoms with Crippen LogP contribution in [0.3, 0.4) is 0 Å². The summed E-state index contributed by atoms with van der Waals surface area (Å²) in [7, 11) is 0. The van der Waals surface area contributed by atoms with Crippen molar-refractivity contribution in [1.29, 1.82) is 0 Å². The maximum absolute atomic E-state index is 11.3. The molecule has 1 N–H and O–H groups in total. The van der Waals surface area contributed by atoms with Crippen molar-refractivity contribution >= 4 is 23.5 Å². The molecule has 0 radical (unpaired) electrons. The van der Waals surface area contributed by atoms with E-state index in [1.165, 1.54) is 0 Å². The van der Waals surface area contributed by atoms with Crippen molar-refractivity contribution in [2.75, 3.05) is 0 Å². The average Bonchev–Trinajstić information content (AvgIpc) is 2.34. The summed E-state index contributed by atoms with van der Waals surface area (Å²) in [5.41, 5.74) is 0.890. The van der Waals surface area contributed by atoms with Crippen molar-refractivity contribution in [3.8, 4) is 0 Å². The molecule has 0 heterocycles. The Morgan fingerprint density at radius 1 is 1.29 bits per heavy atom. The van der Waals surface area contributed by atoms with Crippen molar-refractivity contribution in [3.05, 3.63) is 35.9 Å². The van der Waals surface area contributed by atoms with Crippen LogP contribution in [-0.2, 0) is 20.9 Å². The second kappa shape index (κ2) is 6.91. The Morgan fingerprint density at radius 3 is 2.53 bits per heavy atom. The first-order valence-electron chi connectivity index (χ1n) is 5.16. The van der Waals surface area contributed by atoms with E-state index in [1.54, 1.807) is 0 Å². The number of aliphatic carboxylic acids is 1. The van der Waals surface area contributed by atoms with Crippen LogP contribution in [0.2, 0.25) is 0 Å². The van der Waals surface area contributed by atoms with Gasteiger partial charge in [0.15, 0.2) is 0 Å². The summed E-state index contributed by atoms with van der Waals surface area (Å²) in [6.07, 6.45) is 0.0812. The molecule has 92 valence electrons. The van der Waals surface area contributed by atoms with Gasteiger partial charge in [0.05, 0.1) is 0 Å². The highest BCUT2D eigenvalue weighted by atomic mass is 35.5. The molecule has 0 saturated heterocycles. The van der Waals surface area contributed by atoms with Crippen molar-refractivity contribution in [3.63, 3.8) is 0 Å². The van der Waals surface area contributed by atoms with Gasteiger partial charge in [0.25, 0.3) is 0 Å². The maximum Gasteiger partial charge on any atom is 0.321 e. The fourth-order valence-electron chi connectivity index (χ4n) is 1.18. The van der Waals surface area contributed by atoms with Gasteiger partial charge in [0.2, 0.25) is 0 Å². The molecule has 0 aliphatic heterocycles. The zero-order valence-corrected chi connectivity index (χ0v) is 9.89. The summed E-state index contributed by atoms with van der Waals surface area (Å²) in [6, 6.07) is 9.25. The lowest BCUT2D eigenvalue weighted by molar-refractivity contribution is -0.145. The van der Waals surface area contributed by atoms with E-state index in [2.05, 4.69) is 0 Å². The second-order valence-electron chi connectivity index (χ2n) is 3.49. The standard InChI is InChI=1S/C12H13ClO4/c13-10(12(15)16)6-7-11(14)17-8-9-4-2-1-3-5-9/h1-5,10H,6-8H2,(H,15,16). The van der Waals surface area contributed by atoms with Gasteiger partial charge in [0.1, 0.15) is 12.0 Å². The molecule has 4 nitrogen and oxygen atoms in total. The lowest BCUT2D eigenvalue weighted by Crippen LogP contribution is -2.15. The minimum absolute atomic E-state index is 0.00724. The predicted octanol–water partition coefficient (Wildman–Crippen LogP) is 2.20. The highest BCUT2D eigenvalue weighted by Gasteiger charge is 2.15. The SMILES string of the molecule is O=C(CCC(Cl)C(=O)O)OCc1ccccc1. The van der Waals surface area contributed by atoms with Crippen LogP contribution in [0, 0.1) is 0 Å². The molecule has 0 bridgehead atoms. The molecule has 0 saturated carbocycles. The van der Waals surface area contributed by atoms with Crippen LogP contribution in [0.15, 0.2) is 30.3 Å². The number of alkyl halides is 1. The van der Waals surface area contributed by atoms with Gasteiger partial charge in [-0.05, 0) is 12.0 Å². The predicted molar refractivity (Wildman–Crippen MR) is 62.7 cm³/mol. The van der Waals surface area contributed by atoms with Gasteiger partial charge in [-0.25, -0.2) is 0 Å². The largest absolute Gasteiger partial charge is 0.480 e. The fourth-order valence-corrected chi connectivity index (χ4v) is 1.29. The third-order valence-electron chi connectivity index (χ3n) is 2.11. The van der Waals surface area contributed by atoms with Crippen molar-refractivity contribution in [2.45, 2.75) is 24.8 Å². The fraction of sp³-hybridized carbons (Fsp3) is 0.333. The summed E-state index contributed by atoms with van der Waals surface area (Å²) in [6.45, 7) is 0.194. The lowest BCUT2D eigenvalue weighted by atomic mass is 10.2. The summed E-state index contributed by atoms with van der Waals surface area (Å²) < 4.78 is 4.97. The zero-order valence-electron chi connectivity index (χ0n) is 9.14. The van der Waals surface area contributed by atoms with Crippen LogP contribution in [-0.4, -0.2) is 22.4 Å². The number of benzene rings is 1. The zero-order chi connectivity index (χ0) is 12.7. The van der Waals surface area contributed by atoms with Crippen LogP contribution in [0.5, 0.6) is 0 Å². The number of hydrogen-bond acceptors (Lipinski definition) is 3. The Kier molecular flexibility index (Phi) is 5.49. The highest BCUT2D eigenvalue weighted by molar-refractivity contribution is 6.29. The Labute approximate surface area is 104 Å². The smallest absolute Gasteiger partial charge is 0.321 e. The topological polar surface area (TPSA) is 63.6 Å². The Balaban J connectivity index is 2.24. The number of carbonyl (C=O) groups is 2. The van der Waals surface area contributed by atoms with Crippen LogP contribution in [0.25, 0.3) is 0 Å². The third kappa shape index (κ3) is 5.36. The molecule has 17 heavy (non-hydrogen) atoms. The molecule has 0 aliphatic carbocycles. The molecule has 0 aliphatic rings. The molecule has 0 fully saturated rings. The monoisotopic (exact) mass is 256 g/mol. The number of halogens is 1. The molecule has 5 heteroatoms. The minimum atomic E-state index is -1.12. The van der Waals surface area contributed by atoms with Crippen LogP contribution >= 0.6 is 11.6 Å². The first kappa shape index (κ1) is 13.5. The molecule has 0 aromatic heterocycles. The summed E-state index contributed by atoms with van der Waals surface area (Å²) in [5.74, 6) is -1.57. The number of esters is 1. The minimum Gasteiger partial charge on any atom is -0.480 e. The third-order valence-corrected chi connectivity index (χ3v) is 2.52. The van der Waals surface area contributed by atoms with E-state index in [0.29, 0.717) is 0 Å². The van der Waals surface area contributed by atoms with Gasteiger partial charge < -0.3 is 9.84 Å². The van der Waals surface area contributed by atoms with Gasteiger partial charge in [-0.15, -0.1) is 11.6 Å². The average molecular weight is 257 g/mol. The molecule has 1 aromatic carbocycles. The summed E-state index contributed by atoms with van der Waals surface area (Å²) in [5, 5.41) is 7.48. The molecule has 1 rings (SSSR count). The molecule has 1 aromatic rings. The Morgan fingerprint density at radius 2 is 1.94 bits per heavy atom. The number of rotatable bonds is 6. The van der Waals surface area contributed by atoms with E-state index >= 15 is 0 Å². The number of ether oxygens (including phenoxy) is 1. The quantitative estimate of drug-likeness (QED) is 0.626. The number of hydrogen-bond donors (Lipinski definition) is 1. The first-order valence-corrected chi connectivity index (χ1v) is 5.59. The van der Waals surface area contributed by atoms with E-state index in [0.717, 1.165) is 5.56 Å². The number of carboxylic acids is 1. The van der Waals surface area contributed by atoms with Crippen molar-refractivity contribution in [1.82, 2.24) is 0 Å². The molecule has 0 amide bonds. The van der Waals surface area contributed by atoms with Gasteiger partial charge in [-0.2, -0.15) is 0 Å². The number of carboxylic acid groups (broad SMARTS) is 1. The van der Waals surface area contributed by atoms with Crippen LogP contribution < -0.4 is 0 Å². The number of carbonyl (C=O) groups excluding carboxylic acids is 1. The molecular formula is C12H13ClO4. The lowest BCUT2D eigenvalue weighted by Gasteiger charge is -2.06.